The molecular formula is C19H35IN4S. The molecular weight excluding hydrogens is 443 g/mol. The summed E-state index contributed by atoms with van der Waals surface area (Å²) in [5.41, 5.74) is 2.64. The second-order valence-electron chi connectivity index (χ2n) is 6.52. The average Bonchev–Trinajstić information content (AvgIpc) is 2.60. The zero-order chi connectivity index (χ0) is 18.0. The Labute approximate surface area is 175 Å². The van der Waals surface area contributed by atoms with Crippen LogP contribution in [0.3, 0.4) is 0 Å². The van der Waals surface area contributed by atoms with Gasteiger partial charge in [-0.2, -0.15) is 11.8 Å². The fourth-order valence-corrected chi connectivity index (χ4v) is 2.46. The molecule has 0 spiro atoms. The van der Waals surface area contributed by atoms with Gasteiger partial charge in [0, 0.05) is 31.4 Å². The summed E-state index contributed by atoms with van der Waals surface area (Å²) < 4.78 is 0.198. The topological polar surface area (TPSA) is 39.7 Å². The van der Waals surface area contributed by atoms with Gasteiger partial charge in [0.25, 0.3) is 0 Å². The van der Waals surface area contributed by atoms with Crippen LogP contribution in [0, 0.1) is 0 Å². The Balaban J connectivity index is 0.00000576. The summed E-state index contributed by atoms with van der Waals surface area (Å²) in [4.78, 5) is 6.72. The quantitative estimate of drug-likeness (QED) is 0.320. The van der Waals surface area contributed by atoms with E-state index in [9.17, 15) is 0 Å². The maximum Gasteiger partial charge on any atom is 0.191 e. The fourth-order valence-electron chi connectivity index (χ4n) is 2.24. The van der Waals surface area contributed by atoms with Crippen LogP contribution in [0.15, 0.2) is 29.3 Å². The van der Waals surface area contributed by atoms with Crippen molar-refractivity contribution in [1.29, 1.82) is 0 Å². The molecule has 0 unspecified atom stereocenters. The minimum Gasteiger partial charge on any atom is -0.355 e. The van der Waals surface area contributed by atoms with Crippen LogP contribution >= 0.6 is 35.7 Å². The van der Waals surface area contributed by atoms with E-state index in [4.69, 9.17) is 0 Å². The predicted octanol–water partition coefficient (Wildman–Crippen LogP) is 3.95. The molecule has 0 aliphatic heterocycles. The molecule has 0 bridgehead atoms. The molecule has 0 aliphatic carbocycles. The maximum absolute atomic E-state index is 4.30. The molecule has 0 radical (unpaired) electrons. The van der Waals surface area contributed by atoms with Crippen molar-refractivity contribution in [3.05, 3.63) is 35.4 Å². The molecule has 0 atom stereocenters. The number of nitrogens with one attached hydrogen (secondary N) is 2. The van der Waals surface area contributed by atoms with Gasteiger partial charge in [-0.05, 0) is 44.3 Å². The van der Waals surface area contributed by atoms with Gasteiger partial charge in [-0.15, -0.1) is 24.0 Å². The molecule has 0 saturated heterocycles. The number of benzene rings is 1. The van der Waals surface area contributed by atoms with E-state index in [0.29, 0.717) is 0 Å². The minimum atomic E-state index is 0. The molecule has 0 heterocycles. The first-order valence-corrected chi connectivity index (χ1v) is 9.96. The SMILES string of the molecule is CCN(CC)Cc1ccc(CNC(=NC)NCC(C)(C)SC)cc1.I. The number of halogens is 1. The number of thioether (sulfide) groups is 1. The lowest BCUT2D eigenvalue weighted by molar-refractivity contribution is 0.296. The highest BCUT2D eigenvalue weighted by molar-refractivity contribution is 14.0. The normalized spacial score (nSPS) is 12.0. The third kappa shape index (κ3) is 9.70. The average molecular weight is 478 g/mol. The van der Waals surface area contributed by atoms with Crippen molar-refractivity contribution in [3.8, 4) is 0 Å². The maximum atomic E-state index is 4.30. The Bertz CT molecular complexity index is 499. The van der Waals surface area contributed by atoms with E-state index >= 15 is 0 Å². The summed E-state index contributed by atoms with van der Waals surface area (Å²) in [5.74, 6) is 0.851. The Morgan fingerprint density at radius 2 is 1.64 bits per heavy atom. The molecule has 0 amide bonds. The monoisotopic (exact) mass is 478 g/mol. The van der Waals surface area contributed by atoms with Crippen LogP contribution in [-0.2, 0) is 13.1 Å². The number of hydrogen-bond donors (Lipinski definition) is 2. The van der Waals surface area contributed by atoms with Gasteiger partial charge in [0.1, 0.15) is 0 Å². The van der Waals surface area contributed by atoms with Crippen molar-refractivity contribution in [3.63, 3.8) is 0 Å². The van der Waals surface area contributed by atoms with Crippen molar-refractivity contribution in [2.24, 2.45) is 4.99 Å². The molecule has 0 aromatic heterocycles. The molecule has 0 saturated carbocycles. The van der Waals surface area contributed by atoms with Crippen LogP contribution in [0.5, 0.6) is 0 Å². The summed E-state index contributed by atoms with van der Waals surface area (Å²) in [6.45, 7) is 13.7. The first-order valence-electron chi connectivity index (χ1n) is 8.74. The van der Waals surface area contributed by atoms with Crippen LogP contribution in [0.25, 0.3) is 0 Å². The Morgan fingerprint density at radius 1 is 1.08 bits per heavy atom. The first kappa shape index (κ1) is 24.5. The van der Waals surface area contributed by atoms with Gasteiger partial charge in [0.2, 0.25) is 0 Å². The van der Waals surface area contributed by atoms with Crippen molar-refractivity contribution in [2.75, 3.05) is 32.9 Å². The van der Waals surface area contributed by atoms with Gasteiger partial charge in [0.05, 0.1) is 0 Å². The van der Waals surface area contributed by atoms with Gasteiger partial charge in [-0.3, -0.25) is 9.89 Å². The van der Waals surface area contributed by atoms with Gasteiger partial charge in [0.15, 0.2) is 5.96 Å². The minimum absolute atomic E-state index is 0. The zero-order valence-electron chi connectivity index (χ0n) is 16.6. The van der Waals surface area contributed by atoms with E-state index in [1.807, 2.05) is 18.8 Å². The third-order valence-corrected chi connectivity index (χ3v) is 5.49. The number of hydrogen-bond acceptors (Lipinski definition) is 3. The molecule has 4 nitrogen and oxygen atoms in total. The van der Waals surface area contributed by atoms with Gasteiger partial charge < -0.3 is 10.6 Å². The zero-order valence-corrected chi connectivity index (χ0v) is 19.7. The van der Waals surface area contributed by atoms with Crippen molar-refractivity contribution >= 4 is 41.7 Å². The largest absolute Gasteiger partial charge is 0.355 e. The Morgan fingerprint density at radius 3 is 2.12 bits per heavy atom. The molecule has 1 aromatic carbocycles. The van der Waals surface area contributed by atoms with E-state index in [1.54, 1.807) is 0 Å². The van der Waals surface area contributed by atoms with E-state index in [0.717, 1.165) is 38.7 Å². The number of aliphatic imine (C=N–C) groups is 1. The van der Waals surface area contributed by atoms with E-state index in [2.05, 4.69) is 78.7 Å². The molecule has 1 aromatic rings. The van der Waals surface area contributed by atoms with Crippen LogP contribution in [0.1, 0.15) is 38.8 Å². The third-order valence-electron chi connectivity index (χ3n) is 4.24. The first-order chi connectivity index (χ1) is 11.4. The summed E-state index contributed by atoms with van der Waals surface area (Å²) in [5, 5.41) is 6.78. The highest BCUT2D eigenvalue weighted by atomic mass is 127. The predicted molar refractivity (Wildman–Crippen MR) is 124 cm³/mol. The van der Waals surface area contributed by atoms with Gasteiger partial charge >= 0.3 is 0 Å². The van der Waals surface area contributed by atoms with Crippen LogP contribution < -0.4 is 10.6 Å². The van der Waals surface area contributed by atoms with Crippen LogP contribution in [0.2, 0.25) is 0 Å². The molecule has 144 valence electrons. The van der Waals surface area contributed by atoms with Crippen molar-refractivity contribution in [1.82, 2.24) is 15.5 Å². The Kier molecular flexibility index (Phi) is 12.6. The lowest BCUT2D eigenvalue weighted by Crippen LogP contribution is -2.42. The molecule has 2 N–H and O–H groups in total. The van der Waals surface area contributed by atoms with Gasteiger partial charge in [-0.25, -0.2) is 0 Å². The van der Waals surface area contributed by atoms with E-state index in [-0.39, 0.29) is 28.7 Å². The standard InChI is InChI=1S/C19H34N4S.HI/c1-7-23(8-2)14-17-11-9-16(10-12-17)13-21-18(20-5)22-15-19(3,4)24-6;/h9-12H,7-8,13-15H2,1-6H3,(H2,20,21,22);1H. The van der Waals surface area contributed by atoms with Crippen molar-refractivity contribution in [2.45, 2.75) is 45.5 Å². The number of nitrogens with zero attached hydrogens (tertiary/aromatic N) is 2. The van der Waals surface area contributed by atoms with Crippen LogP contribution in [-0.4, -0.2) is 48.5 Å². The highest BCUT2D eigenvalue weighted by Crippen LogP contribution is 2.19. The smallest absolute Gasteiger partial charge is 0.191 e. The summed E-state index contributed by atoms with van der Waals surface area (Å²) in [7, 11) is 1.81. The van der Waals surface area contributed by atoms with Gasteiger partial charge in [-0.1, -0.05) is 38.1 Å². The second-order valence-corrected chi connectivity index (χ2v) is 8.03. The highest BCUT2D eigenvalue weighted by Gasteiger charge is 2.15. The fraction of sp³-hybridized carbons (Fsp3) is 0.632. The van der Waals surface area contributed by atoms with E-state index < -0.39 is 0 Å². The lowest BCUT2D eigenvalue weighted by atomic mass is 10.1. The van der Waals surface area contributed by atoms with Crippen LogP contribution in [0.4, 0.5) is 0 Å². The molecule has 6 heteroatoms. The molecule has 25 heavy (non-hydrogen) atoms. The molecule has 1 rings (SSSR count). The molecule has 0 aliphatic rings. The number of rotatable bonds is 9. The second kappa shape index (κ2) is 12.8. The lowest BCUT2D eigenvalue weighted by Gasteiger charge is -2.23. The summed E-state index contributed by atoms with van der Waals surface area (Å²) in [6.07, 6.45) is 2.14. The van der Waals surface area contributed by atoms with E-state index in [1.165, 1.54) is 11.1 Å². The summed E-state index contributed by atoms with van der Waals surface area (Å²) in [6, 6.07) is 8.85. The molecule has 0 fully saturated rings. The number of guanidine groups is 1. The Hall–Kier alpha value is -0.470. The summed E-state index contributed by atoms with van der Waals surface area (Å²) >= 11 is 1.85. The van der Waals surface area contributed by atoms with Crippen molar-refractivity contribution < 1.29 is 0 Å².